The van der Waals surface area contributed by atoms with E-state index in [9.17, 15) is 4.79 Å². The van der Waals surface area contributed by atoms with Crippen LogP contribution in [0, 0.1) is 0 Å². The molecule has 0 atom stereocenters. The summed E-state index contributed by atoms with van der Waals surface area (Å²) in [6.07, 6.45) is 2.56. The van der Waals surface area contributed by atoms with Crippen molar-refractivity contribution in [2.75, 3.05) is 5.75 Å². The van der Waals surface area contributed by atoms with Gasteiger partial charge in [-0.1, -0.05) is 24.8 Å². The van der Waals surface area contributed by atoms with Crippen molar-refractivity contribution in [3.8, 4) is 0 Å². The van der Waals surface area contributed by atoms with Gasteiger partial charge in [-0.3, -0.25) is 4.79 Å². The van der Waals surface area contributed by atoms with Crippen LogP contribution in [0.15, 0.2) is 28.7 Å². The summed E-state index contributed by atoms with van der Waals surface area (Å²) < 4.78 is 0. The van der Waals surface area contributed by atoms with Crippen LogP contribution in [-0.4, -0.2) is 15.7 Å². The minimum atomic E-state index is -0.0848. The molecule has 0 amide bonds. The van der Waals surface area contributed by atoms with E-state index in [0.717, 1.165) is 17.9 Å². The van der Waals surface area contributed by atoms with E-state index < -0.39 is 0 Å². The average Bonchev–Trinajstić information content (AvgIpc) is 2.14. The highest BCUT2D eigenvalue weighted by atomic mass is 32.2. The number of hydrogen-bond donors (Lipinski definition) is 1. The van der Waals surface area contributed by atoms with Crippen LogP contribution in [0.1, 0.15) is 12.6 Å². The fraction of sp³-hybridized carbons (Fsp3) is 0.333. The summed E-state index contributed by atoms with van der Waals surface area (Å²) in [5.74, 6) is 0.760. The van der Waals surface area contributed by atoms with Crippen LogP contribution in [0.3, 0.4) is 0 Å². The van der Waals surface area contributed by atoms with Crippen molar-refractivity contribution in [3.05, 3.63) is 34.8 Å². The van der Waals surface area contributed by atoms with Gasteiger partial charge < -0.3 is 4.98 Å². The number of aromatic nitrogens is 2. The largest absolute Gasteiger partial charge is 0.301 e. The van der Waals surface area contributed by atoms with E-state index in [1.54, 1.807) is 6.08 Å². The lowest BCUT2D eigenvalue weighted by molar-refractivity contribution is 0.869. The van der Waals surface area contributed by atoms with E-state index in [-0.39, 0.29) is 5.56 Å². The molecule has 4 heteroatoms. The maximum absolute atomic E-state index is 11.1. The van der Waals surface area contributed by atoms with Crippen LogP contribution in [-0.2, 0) is 6.42 Å². The Balaban J connectivity index is 2.88. The van der Waals surface area contributed by atoms with Crippen molar-refractivity contribution in [2.45, 2.75) is 18.5 Å². The molecule has 0 bridgehead atoms. The maximum Gasteiger partial charge on any atom is 0.251 e. The zero-order valence-corrected chi connectivity index (χ0v) is 8.36. The Bertz CT molecular complexity index is 346. The lowest BCUT2D eigenvalue weighted by Gasteiger charge is -1.99. The Morgan fingerprint density at radius 1 is 1.77 bits per heavy atom. The third-order valence-corrected chi connectivity index (χ3v) is 2.34. The monoisotopic (exact) mass is 196 g/mol. The lowest BCUT2D eigenvalue weighted by Crippen LogP contribution is -2.09. The highest BCUT2D eigenvalue weighted by molar-refractivity contribution is 7.99. The molecule has 70 valence electrons. The molecular formula is C9H12N2OS. The van der Waals surface area contributed by atoms with Crippen LogP contribution < -0.4 is 5.56 Å². The molecule has 0 fully saturated rings. The number of aromatic amines is 1. The van der Waals surface area contributed by atoms with E-state index in [4.69, 9.17) is 0 Å². The van der Waals surface area contributed by atoms with Gasteiger partial charge in [0.15, 0.2) is 5.16 Å². The summed E-state index contributed by atoms with van der Waals surface area (Å²) in [6.45, 7) is 5.58. The number of thioether (sulfide) groups is 1. The van der Waals surface area contributed by atoms with Gasteiger partial charge in [0.1, 0.15) is 0 Å². The maximum atomic E-state index is 11.1. The summed E-state index contributed by atoms with van der Waals surface area (Å²) in [5.41, 5.74) is 0.744. The van der Waals surface area contributed by atoms with Crippen molar-refractivity contribution in [3.63, 3.8) is 0 Å². The van der Waals surface area contributed by atoms with Gasteiger partial charge in [-0.2, -0.15) is 0 Å². The second-order valence-corrected chi connectivity index (χ2v) is 3.50. The van der Waals surface area contributed by atoms with Crippen LogP contribution >= 0.6 is 11.8 Å². The third-order valence-electron chi connectivity index (χ3n) is 1.47. The first kappa shape index (κ1) is 10.1. The Labute approximate surface area is 81.3 Å². The van der Waals surface area contributed by atoms with E-state index >= 15 is 0 Å². The van der Waals surface area contributed by atoms with E-state index in [1.807, 2.05) is 6.92 Å². The van der Waals surface area contributed by atoms with Crippen molar-refractivity contribution in [2.24, 2.45) is 0 Å². The Kier molecular flexibility index (Phi) is 3.76. The molecule has 0 aliphatic heterocycles. The summed E-state index contributed by atoms with van der Waals surface area (Å²) in [4.78, 5) is 18.0. The molecule has 1 aromatic heterocycles. The van der Waals surface area contributed by atoms with Crippen molar-refractivity contribution in [1.82, 2.24) is 9.97 Å². The molecule has 1 rings (SSSR count). The minimum absolute atomic E-state index is 0.0848. The van der Waals surface area contributed by atoms with Gasteiger partial charge in [0.25, 0.3) is 5.56 Å². The fourth-order valence-corrected chi connectivity index (χ4v) is 1.50. The average molecular weight is 196 g/mol. The molecular weight excluding hydrogens is 184 g/mol. The summed E-state index contributed by atoms with van der Waals surface area (Å²) in [5, 5.41) is 0.671. The third kappa shape index (κ3) is 3.06. The highest BCUT2D eigenvalue weighted by Gasteiger charge is 1.98. The van der Waals surface area contributed by atoms with Gasteiger partial charge in [0.05, 0.1) is 0 Å². The number of nitrogens with one attached hydrogen (secondary N) is 1. The molecule has 0 saturated heterocycles. The molecule has 0 aliphatic rings. The zero-order chi connectivity index (χ0) is 9.68. The van der Waals surface area contributed by atoms with Crippen LogP contribution in [0.2, 0.25) is 0 Å². The molecule has 0 radical (unpaired) electrons. The zero-order valence-electron chi connectivity index (χ0n) is 7.54. The van der Waals surface area contributed by atoms with Crippen LogP contribution in [0.5, 0.6) is 0 Å². The van der Waals surface area contributed by atoms with Crippen LogP contribution in [0.25, 0.3) is 0 Å². The van der Waals surface area contributed by atoms with Crippen LogP contribution in [0.4, 0.5) is 0 Å². The topological polar surface area (TPSA) is 45.8 Å². The highest BCUT2D eigenvalue weighted by Crippen LogP contribution is 2.10. The number of nitrogens with zero attached hydrogens (tertiary/aromatic N) is 1. The molecule has 1 N–H and O–H groups in total. The minimum Gasteiger partial charge on any atom is -0.301 e. The molecule has 0 spiro atoms. The van der Waals surface area contributed by atoms with Gasteiger partial charge in [-0.15, -0.1) is 6.58 Å². The van der Waals surface area contributed by atoms with Gasteiger partial charge in [0, 0.05) is 17.5 Å². The van der Waals surface area contributed by atoms with Gasteiger partial charge in [0.2, 0.25) is 0 Å². The number of aryl methyl sites for hydroxylation is 1. The first-order valence-corrected chi connectivity index (χ1v) is 5.08. The van der Waals surface area contributed by atoms with E-state index in [1.165, 1.54) is 17.8 Å². The van der Waals surface area contributed by atoms with Gasteiger partial charge in [-0.05, 0) is 6.42 Å². The first-order chi connectivity index (χ1) is 6.26. The molecule has 0 aromatic carbocycles. The summed E-state index contributed by atoms with van der Waals surface area (Å²) >= 11 is 1.48. The predicted octanol–water partition coefficient (Wildman–Crippen LogP) is 1.61. The summed E-state index contributed by atoms with van der Waals surface area (Å²) in [6, 6.07) is 1.53. The van der Waals surface area contributed by atoms with E-state index in [2.05, 4.69) is 16.5 Å². The van der Waals surface area contributed by atoms with Gasteiger partial charge >= 0.3 is 0 Å². The Hall–Kier alpha value is -1.03. The predicted molar refractivity (Wildman–Crippen MR) is 55.2 cm³/mol. The molecule has 0 unspecified atom stereocenters. The number of H-pyrrole nitrogens is 1. The van der Waals surface area contributed by atoms with Gasteiger partial charge in [-0.25, -0.2) is 4.98 Å². The quantitative estimate of drug-likeness (QED) is 0.452. The molecule has 0 saturated carbocycles. The normalized spacial score (nSPS) is 9.92. The lowest BCUT2D eigenvalue weighted by atomic mass is 10.3. The second kappa shape index (κ2) is 4.87. The van der Waals surface area contributed by atoms with E-state index in [0.29, 0.717) is 5.16 Å². The second-order valence-electron chi connectivity index (χ2n) is 2.50. The number of rotatable bonds is 4. The fourth-order valence-electron chi connectivity index (χ4n) is 0.871. The Morgan fingerprint density at radius 3 is 3.15 bits per heavy atom. The molecule has 1 heterocycles. The molecule has 3 nitrogen and oxygen atoms in total. The molecule has 0 aliphatic carbocycles. The molecule has 13 heavy (non-hydrogen) atoms. The standard InChI is InChI=1S/C9H12N2OS/c1-3-5-13-9-10-7(4-2)6-8(12)11-9/h3,6H,1,4-5H2,2H3,(H,10,11,12). The number of hydrogen-bond acceptors (Lipinski definition) is 3. The van der Waals surface area contributed by atoms with Crippen molar-refractivity contribution in [1.29, 1.82) is 0 Å². The van der Waals surface area contributed by atoms with Crippen molar-refractivity contribution < 1.29 is 0 Å². The molecule has 1 aromatic rings. The summed E-state index contributed by atoms with van der Waals surface area (Å²) in [7, 11) is 0. The van der Waals surface area contributed by atoms with Crippen molar-refractivity contribution >= 4 is 11.8 Å². The smallest absolute Gasteiger partial charge is 0.251 e. The Morgan fingerprint density at radius 2 is 2.54 bits per heavy atom. The SMILES string of the molecule is C=CCSc1nc(CC)cc(=O)[nH]1. The first-order valence-electron chi connectivity index (χ1n) is 4.10.